The third-order valence-corrected chi connectivity index (χ3v) is 6.51. The molecule has 4 nitrogen and oxygen atoms in total. The van der Waals surface area contributed by atoms with Gasteiger partial charge in [-0.1, -0.05) is 90.5 Å². The summed E-state index contributed by atoms with van der Waals surface area (Å²) < 4.78 is 1.79. The van der Waals surface area contributed by atoms with Crippen molar-refractivity contribution in [2.24, 2.45) is 0 Å². The summed E-state index contributed by atoms with van der Waals surface area (Å²) in [6, 6.07) is 26.1. The predicted molar refractivity (Wildman–Crippen MR) is 136 cm³/mol. The number of hydrogen-bond acceptors (Lipinski definition) is 3. The number of halogens is 1. The van der Waals surface area contributed by atoms with Crippen molar-refractivity contribution < 1.29 is 4.79 Å². The van der Waals surface area contributed by atoms with E-state index in [1.54, 1.807) is 15.7 Å². The van der Waals surface area contributed by atoms with E-state index in [0.717, 1.165) is 27.1 Å². The highest BCUT2D eigenvalue weighted by atomic mass is 35.5. The Morgan fingerprint density at radius 1 is 0.970 bits per heavy atom. The van der Waals surface area contributed by atoms with Crippen molar-refractivity contribution in [1.29, 1.82) is 0 Å². The molecule has 0 fully saturated rings. The van der Waals surface area contributed by atoms with Crippen molar-refractivity contribution in [1.82, 2.24) is 14.7 Å². The first-order chi connectivity index (χ1) is 16.2. The first kappa shape index (κ1) is 21.2. The molecule has 0 unspecified atom stereocenters. The summed E-state index contributed by atoms with van der Waals surface area (Å²) in [6.07, 6.45) is 5.97. The van der Waals surface area contributed by atoms with Crippen LogP contribution in [0, 0.1) is 0 Å². The van der Waals surface area contributed by atoms with E-state index in [0.29, 0.717) is 17.3 Å². The maximum absolute atomic E-state index is 12.9. The van der Waals surface area contributed by atoms with Crippen molar-refractivity contribution in [3.63, 3.8) is 0 Å². The Morgan fingerprint density at radius 3 is 2.45 bits per heavy atom. The Kier molecular flexibility index (Phi) is 6.07. The van der Waals surface area contributed by atoms with Gasteiger partial charge in [0.2, 0.25) is 0 Å². The van der Waals surface area contributed by atoms with Crippen molar-refractivity contribution in [2.75, 3.05) is 0 Å². The normalized spacial score (nSPS) is 11.3. The molecule has 33 heavy (non-hydrogen) atoms. The lowest BCUT2D eigenvalue weighted by atomic mass is 10.0. The summed E-state index contributed by atoms with van der Waals surface area (Å²) in [6.45, 7) is 0.441. The van der Waals surface area contributed by atoms with E-state index < -0.39 is 0 Å². The van der Waals surface area contributed by atoms with Crippen LogP contribution in [-0.4, -0.2) is 15.3 Å². The summed E-state index contributed by atoms with van der Waals surface area (Å²) >= 11 is 8.27. The first-order valence-electron chi connectivity index (χ1n) is 10.5. The van der Waals surface area contributed by atoms with Crippen LogP contribution in [-0.2, 0) is 6.54 Å². The Hall–Kier alpha value is -3.67. The van der Waals surface area contributed by atoms with E-state index in [9.17, 15) is 4.79 Å². The van der Waals surface area contributed by atoms with Gasteiger partial charge in [-0.25, -0.2) is 4.98 Å². The molecule has 5 rings (SSSR count). The van der Waals surface area contributed by atoms with Gasteiger partial charge in [-0.15, -0.1) is 11.3 Å². The molecule has 0 saturated carbocycles. The van der Waals surface area contributed by atoms with Gasteiger partial charge >= 0.3 is 0 Å². The zero-order valence-electron chi connectivity index (χ0n) is 17.6. The van der Waals surface area contributed by atoms with Crippen LogP contribution < -0.4 is 5.32 Å². The molecular formula is C27H20ClN3OS. The lowest BCUT2D eigenvalue weighted by Gasteiger charge is -2.07. The van der Waals surface area contributed by atoms with Gasteiger partial charge in [0.05, 0.1) is 6.54 Å². The fourth-order valence-corrected chi connectivity index (χ4v) is 4.51. The van der Waals surface area contributed by atoms with E-state index in [-0.39, 0.29) is 11.6 Å². The number of nitrogens with one attached hydrogen (secondary N) is 1. The largest absolute Gasteiger partial charge is 0.346 e. The Balaban J connectivity index is 1.58. The van der Waals surface area contributed by atoms with E-state index in [1.807, 2.05) is 96.5 Å². The van der Waals surface area contributed by atoms with Gasteiger partial charge in [-0.3, -0.25) is 9.20 Å². The number of imidazole rings is 1. The summed E-state index contributed by atoms with van der Waals surface area (Å²) in [4.78, 5) is 18.6. The number of rotatable bonds is 6. The lowest BCUT2D eigenvalue weighted by molar-refractivity contribution is 0.0947. The SMILES string of the molecule is O=C(NCc1cccs1)c1nc2c(/C=C/c3ccccc3)cc(-c3ccccc3)cn2c1Cl. The number of pyridine rings is 1. The fourth-order valence-electron chi connectivity index (χ4n) is 3.61. The maximum atomic E-state index is 12.9. The van der Waals surface area contributed by atoms with Crippen LogP contribution in [0.25, 0.3) is 28.9 Å². The minimum absolute atomic E-state index is 0.216. The third-order valence-electron chi connectivity index (χ3n) is 5.27. The Labute approximate surface area is 200 Å². The molecule has 0 radical (unpaired) electrons. The van der Waals surface area contributed by atoms with Crippen LogP contribution in [0.4, 0.5) is 0 Å². The number of amides is 1. The zero-order valence-corrected chi connectivity index (χ0v) is 19.2. The molecule has 1 amide bonds. The molecule has 3 aromatic heterocycles. The van der Waals surface area contributed by atoms with Crippen LogP contribution in [0.5, 0.6) is 0 Å². The quantitative estimate of drug-likeness (QED) is 0.296. The van der Waals surface area contributed by atoms with Crippen LogP contribution >= 0.6 is 22.9 Å². The molecule has 162 valence electrons. The van der Waals surface area contributed by atoms with Crippen molar-refractivity contribution >= 4 is 46.6 Å². The second-order valence-electron chi connectivity index (χ2n) is 7.50. The maximum Gasteiger partial charge on any atom is 0.273 e. The molecule has 0 bridgehead atoms. The van der Waals surface area contributed by atoms with E-state index in [2.05, 4.69) is 16.4 Å². The third kappa shape index (κ3) is 4.60. The molecule has 0 atom stereocenters. The summed E-state index contributed by atoms with van der Waals surface area (Å²) in [5, 5.41) is 5.19. The molecule has 3 heterocycles. The summed E-state index contributed by atoms with van der Waals surface area (Å²) in [5.74, 6) is -0.295. The average molecular weight is 470 g/mol. The van der Waals surface area contributed by atoms with Crippen molar-refractivity contribution in [3.05, 3.63) is 117 Å². The molecular weight excluding hydrogens is 450 g/mol. The number of carbonyl (C=O) groups excluding carboxylic acids is 1. The van der Waals surface area contributed by atoms with Crippen LogP contribution in [0.1, 0.15) is 26.5 Å². The van der Waals surface area contributed by atoms with Gasteiger partial charge in [0.15, 0.2) is 5.69 Å². The topological polar surface area (TPSA) is 46.4 Å². The fraction of sp³-hybridized carbons (Fsp3) is 0.0370. The molecule has 2 aromatic carbocycles. The van der Waals surface area contributed by atoms with Gasteiger partial charge in [-0.2, -0.15) is 0 Å². The van der Waals surface area contributed by atoms with Gasteiger partial charge in [0.25, 0.3) is 5.91 Å². The van der Waals surface area contributed by atoms with Crippen molar-refractivity contribution in [3.8, 4) is 11.1 Å². The second-order valence-corrected chi connectivity index (χ2v) is 8.89. The number of thiophene rings is 1. The number of carbonyl (C=O) groups is 1. The minimum atomic E-state index is -0.295. The van der Waals surface area contributed by atoms with E-state index in [4.69, 9.17) is 11.6 Å². The molecule has 5 aromatic rings. The highest BCUT2D eigenvalue weighted by Gasteiger charge is 2.20. The molecule has 0 spiro atoms. The highest BCUT2D eigenvalue weighted by Crippen LogP contribution is 2.28. The Bertz CT molecular complexity index is 1430. The molecule has 6 heteroatoms. The predicted octanol–water partition coefficient (Wildman–Crippen LogP) is 6.82. The summed E-state index contributed by atoms with van der Waals surface area (Å²) in [5.41, 5.74) is 4.84. The van der Waals surface area contributed by atoms with Crippen LogP contribution in [0.2, 0.25) is 5.15 Å². The molecule has 0 aliphatic carbocycles. The minimum Gasteiger partial charge on any atom is -0.346 e. The van der Waals surface area contributed by atoms with E-state index in [1.165, 1.54) is 0 Å². The lowest BCUT2D eigenvalue weighted by Crippen LogP contribution is -2.23. The molecule has 0 aliphatic heterocycles. The zero-order chi connectivity index (χ0) is 22.6. The van der Waals surface area contributed by atoms with Gasteiger partial charge in [0.1, 0.15) is 10.8 Å². The number of aromatic nitrogens is 2. The average Bonchev–Trinajstić information content (AvgIpc) is 3.50. The van der Waals surface area contributed by atoms with Crippen LogP contribution in [0.15, 0.2) is 90.4 Å². The summed E-state index contributed by atoms with van der Waals surface area (Å²) in [7, 11) is 0. The van der Waals surface area contributed by atoms with Gasteiger partial charge in [-0.05, 0) is 34.2 Å². The Morgan fingerprint density at radius 2 is 1.73 bits per heavy atom. The molecule has 1 N–H and O–H groups in total. The molecule has 0 aliphatic rings. The number of benzene rings is 2. The number of fused-ring (bicyclic) bond motifs is 1. The second kappa shape index (κ2) is 9.45. The standard InChI is InChI=1S/C27H20ClN3OS/c28-25-24(27(32)29-17-23-12-7-15-33-23)30-26-21(14-13-19-8-3-1-4-9-19)16-22(18-31(25)26)20-10-5-2-6-11-20/h1-16,18H,17H2,(H,29,32)/b14-13+. The monoisotopic (exact) mass is 469 g/mol. The highest BCUT2D eigenvalue weighted by molar-refractivity contribution is 7.09. The number of hydrogen-bond donors (Lipinski definition) is 1. The first-order valence-corrected chi connectivity index (χ1v) is 11.8. The van der Waals surface area contributed by atoms with Crippen molar-refractivity contribution in [2.45, 2.75) is 6.54 Å². The molecule has 0 saturated heterocycles. The van der Waals surface area contributed by atoms with E-state index >= 15 is 0 Å². The number of nitrogens with zero attached hydrogens (tertiary/aromatic N) is 2. The van der Waals surface area contributed by atoms with Gasteiger partial charge in [0, 0.05) is 16.6 Å². The van der Waals surface area contributed by atoms with Gasteiger partial charge < -0.3 is 5.32 Å². The van der Waals surface area contributed by atoms with Crippen LogP contribution in [0.3, 0.4) is 0 Å². The smallest absolute Gasteiger partial charge is 0.273 e.